The second kappa shape index (κ2) is 6.69. The summed E-state index contributed by atoms with van der Waals surface area (Å²) in [6.07, 6.45) is -4.46. The van der Waals surface area contributed by atoms with Crippen LogP contribution in [0.1, 0.15) is 21.5 Å². The van der Waals surface area contributed by atoms with Crippen LogP contribution >= 0.6 is 0 Å². The van der Waals surface area contributed by atoms with Crippen molar-refractivity contribution in [1.82, 2.24) is 4.90 Å². The van der Waals surface area contributed by atoms with Gasteiger partial charge in [-0.25, -0.2) is 0 Å². The van der Waals surface area contributed by atoms with Gasteiger partial charge >= 0.3 is 6.18 Å². The summed E-state index contributed by atoms with van der Waals surface area (Å²) in [6.45, 7) is 0.0987. The number of hydrogen-bond donors (Lipinski definition) is 0. The van der Waals surface area contributed by atoms with Gasteiger partial charge in [0.15, 0.2) is 0 Å². The lowest BCUT2D eigenvalue weighted by molar-refractivity contribution is -0.384. The topological polar surface area (TPSA) is 63.4 Å². The van der Waals surface area contributed by atoms with Gasteiger partial charge in [0, 0.05) is 31.3 Å². The maximum atomic E-state index is 12.5. The molecule has 5 nitrogen and oxygen atoms in total. The molecule has 0 atom stereocenters. The molecule has 0 fully saturated rings. The number of non-ortho nitro benzene ring substituents is 1. The number of carbonyl (C=O) groups is 1. The van der Waals surface area contributed by atoms with E-state index in [0.29, 0.717) is 5.56 Å². The van der Waals surface area contributed by atoms with Gasteiger partial charge in [0.05, 0.1) is 10.5 Å². The molecule has 2 aromatic carbocycles. The van der Waals surface area contributed by atoms with Crippen LogP contribution in [0.15, 0.2) is 48.5 Å². The molecule has 1 amide bonds. The Balaban J connectivity index is 2.12. The summed E-state index contributed by atoms with van der Waals surface area (Å²) in [7, 11) is 1.47. The molecule has 8 heteroatoms. The van der Waals surface area contributed by atoms with Crippen molar-refractivity contribution in [2.45, 2.75) is 12.7 Å². The van der Waals surface area contributed by atoms with E-state index in [1.54, 1.807) is 6.07 Å². The molecule has 0 unspecified atom stereocenters. The number of halogens is 3. The summed E-state index contributed by atoms with van der Waals surface area (Å²) in [5, 5.41) is 10.7. The fraction of sp³-hybridized carbons (Fsp3) is 0.188. The van der Waals surface area contributed by atoms with Gasteiger partial charge in [0.2, 0.25) is 0 Å². The zero-order valence-corrected chi connectivity index (χ0v) is 12.6. The van der Waals surface area contributed by atoms with E-state index in [-0.39, 0.29) is 17.8 Å². The number of rotatable bonds is 4. The molecule has 0 saturated heterocycles. The summed E-state index contributed by atoms with van der Waals surface area (Å²) in [6, 6.07) is 9.71. The Hall–Kier alpha value is -2.90. The van der Waals surface area contributed by atoms with E-state index >= 15 is 0 Å². The third-order valence-electron chi connectivity index (χ3n) is 3.35. The number of benzene rings is 2. The Kier molecular flexibility index (Phi) is 4.87. The average Bonchev–Trinajstić information content (AvgIpc) is 2.53. The molecular formula is C16H13F3N2O3. The van der Waals surface area contributed by atoms with Gasteiger partial charge in [-0.2, -0.15) is 13.2 Å². The Morgan fingerprint density at radius 1 is 1.17 bits per heavy atom. The van der Waals surface area contributed by atoms with E-state index in [1.165, 1.54) is 30.1 Å². The van der Waals surface area contributed by atoms with Crippen molar-refractivity contribution >= 4 is 11.6 Å². The van der Waals surface area contributed by atoms with Crippen LogP contribution < -0.4 is 0 Å². The van der Waals surface area contributed by atoms with Crippen molar-refractivity contribution in [2.24, 2.45) is 0 Å². The minimum Gasteiger partial charge on any atom is -0.337 e. The standard InChI is InChI=1S/C16H13F3N2O3/c1-20(10-11-3-2-4-14(9-11)21(23)24)15(22)12-5-7-13(8-6-12)16(17,18)19/h2-9H,10H2,1H3. The highest BCUT2D eigenvalue weighted by Gasteiger charge is 2.30. The zero-order chi connectivity index (χ0) is 17.9. The van der Waals surface area contributed by atoms with Crippen molar-refractivity contribution in [3.05, 3.63) is 75.3 Å². The molecule has 2 aromatic rings. The van der Waals surface area contributed by atoms with Crippen LogP contribution in [0.25, 0.3) is 0 Å². The summed E-state index contributed by atoms with van der Waals surface area (Å²) >= 11 is 0. The lowest BCUT2D eigenvalue weighted by Crippen LogP contribution is -2.26. The first-order chi connectivity index (χ1) is 11.2. The normalized spacial score (nSPS) is 11.2. The Bertz CT molecular complexity index is 758. The molecule has 0 spiro atoms. The summed E-state index contributed by atoms with van der Waals surface area (Å²) in [5.74, 6) is -0.477. The number of nitro benzene ring substituents is 1. The lowest BCUT2D eigenvalue weighted by Gasteiger charge is -2.17. The minimum absolute atomic E-state index is 0.0946. The molecule has 24 heavy (non-hydrogen) atoms. The highest BCUT2D eigenvalue weighted by Crippen LogP contribution is 2.29. The maximum Gasteiger partial charge on any atom is 0.416 e. The van der Waals surface area contributed by atoms with E-state index in [2.05, 4.69) is 0 Å². The van der Waals surface area contributed by atoms with Crippen molar-refractivity contribution in [2.75, 3.05) is 7.05 Å². The van der Waals surface area contributed by atoms with Crippen LogP contribution in [0.3, 0.4) is 0 Å². The van der Waals surface area contributed by atoms with E-state index in [4.69, 9.17) is 0 Å². The molecule has 0 N–H and O–H groups in total. The molecular weight excluding hydrogens is 325 g/mol. The zero-order valence-electron chi connectivity index (χ0n) is 12.6. The third-order valence-corrected chi connectivity index (χ3v) is 3.35. The monoisotopic (exact) mass is 338 g/mol. The molecule has 0 saturated carbocycles. The third kappa shape index (κ3) is 4.09. The minimum atomic E-state index is -4.46. The van der Waals surface area contributed by atoms with Gasteiger partial charge in [-0.3, -0.25) is 14.9 Å². The SMILES string of the molecule is CN(Cc1cccc([N+](=O)[O-])c1)C(=O)c1ccc(C(F)(F)F)cc1. The van der Waals surface area contributed by atoms with Crippen LogP contribution in [-0.4, -0.2) is 22.8 Å². The first-order valence-electron chi connectivity index (χ1n) is 6.84. The van der Waals surface area contributed by atoms with Crippen LogP contribution in [0.4, 0.5) is 18.9 Å². The number of alkyl halides is 3. The van der Waals surface area contributed by atoms with Gasteiger partial charge in [-0.05, 0) is 29.8 Å². The summed E-state index contributed by atoms with van der Waals surface area (Å²) in [5.41, 5.74) is -0.272. The predicted octanol–water partition coefficient (Wildman–Crippen LogP) is 3.89. The summed E-state index contributed by atoms with van der Waals surface area (Å²) < 4.78 is 37.6. The quantitative estimate of drug-likeness (QED) is 0.628. The van der Waals surface area contributed by atoms with Gasteiger partial charge < -0.3 is 4.90 Å². The Morgan fingerprint density at radius 2 is 1.79 bits per heavy atom. The van der Waals surface area contributed by atoms with Crippen LogP contribution in [-0.2, 0) is 12.7 Å². The van der Waals surface area contributed by atoms with Crippen molar-refractivity contribution in [3.8, 4) is 0 Å². The van der Waals surface area contributed by atoms with Crippen LogP contribution in [0.2, 0.25) is 0 Å². The van der Waals surface area contributed by atoms with Crippen molar-refractivity contribution in [1.29, 1.82) is 0 Å². The predicted molar refractivity (Wildman–Crippen MR) is 80.3 cm³/mol. The van der Waals surface area contributed by atoms with Gasteiger partial charge in [0.25, 0.3) is 11.6 Å². The fourth-order valence-corrected chi connectivity index (χ4v) is 2.14. The summed E-state index contributed by atoms with van der Waals surface area (Å²) in [4.78, 5) is 23.7. The van der Waals surface area contributed by atoms with Gasteiger partial charge in [0.1, 0.15) is 0 Å². The molecule has 0 aliphatic heterocycles. The molecule has 0 aliphatic carbocycles. The fourth-order valence-electron chi connectivity index (χ4n) is 2.14. The maximum absolute atomic E-state index is 12.5. The molecule has 0 bridgehead atoms. The smallest absolute Gasteiger partial charge is 0.337 e. The van der Waals surface area contributed by atoms with Crippen molar-refractivity contribution in [3.63, 3.8) is 0 Å². The average molecular weight is 338 g/mol. The second-order valence-corrected chi connectivity index (χ2v) is 5.16. The first-order valence-corrected chi connectivity index (χ1v) is 6.84. The molecule has 0 aliphatic rings. The van der Waals surface area contributed by atoms with Gasteiger partial charge in [-0.1, -0.05) is 12.1 Å². The lowest BCUT2D eigenvalue weighted by atomic mass is 10.1. The van der Waals surface area contributed by atoms with E-state index in [9.17, 15) is 28.1 Å². The number of carbonyl (C=O) groups excluding carboxylic acids is 1. The van der Waals surface area contributed by atoms with Crippen molar-refractivity contribution < 1.29 is 22.9 Å². The van der Waals surface area contributed by atoms with Crippen LogP contribution in [0, 0.1) is 10.1 Å². The number of hydrogen-bond acceptors (Lipinski definition) is 3. The largest absolute Gasteiger partial charge is 0.416 e. The first kappa shape index (κ1) is 17.5. The Morgan fingerprint density at radius 3 is 2.33 bits per heavy atom. The van der Waals surface area contributed by atoms with E-state index < -0.39 is 22.6 Å². The molecule has 0 aromatic heterocycles. The number of nitrogens with zero attached hydrogens (tertiary/aromatic N) is 2. The highest BCUT2D eigenvalue weighted by atomic mass is 19.4. The highest BCUT2D eigenvalue weighted by molar-refractivity contribution is 5.94. The molecule has 0 heterocycles. The van der Waals surface area contributed by atoms with Gasteiger partial charge in [-0.15, -0.1) is 0 Å². The van der Waals surface area contributed by atoms with Crippen LogP contribution in [0.5, 0.6) is 0 Å². The number of amides is 1. The van der Waals surface area contributed by atoms with E-state index in [1.807, 2.05) is 0 Å². The second-order valence-electron chi connectivity index (χ2n) is 5.16. The molecule has 2 rings (SSSR count). The molecule has 0 radical (unpaired) electrons. The molecule has 126 valence electrons. The van der Waals surface area contributed by atoms with E-state index in [0.717, 1.165) is 24.3 Å². The Labute approximate surface area is 135 Å². The number of nitro groups is 1.